The van der Waals surface area contributed by atoms with E-state index in [0.717, 1.165) is 17.9 Å². The van der Waals surface area contributed by atoms with Crippen molar-refractivity contribution < 1.29 is 9.53 Å². The molecule has 1 amide bonds. The molecule has 0 fully saturated rings. The van der Waals surface area contributed by atoms with E-state index >= 15 is 0 Å². The molecule has 4 heteroatoms. The number of amides is 1. The molecule has 0 saturated carbocycles. The van der Waals surface area contributed by atoms with E-state index in [1.165, 1.54) is 6.08 Å². The zero-order chi connectivity index (χ0) is 8.97. The van der Waals surface area contributed by atoms with Crippen LogP contribution in [0.3, 0.4) is 0 Å². The first-order chi connectivity index (χ1) is 5.77. The molecule has 0 aliphatic carbocycles. The molecule has 68 valence electrons. The normalized spacial score (nSPS) is 22.0. The van der Waals surface area contributed by atoms with Crippen molar-refractivity contribution in [3.8, 4) is 0 Å². The van der Waals surface area contributed by atoms with Gasteiger partial charge in [-0.2, -0.15) is 11.8 Å². The van der Waals surface area contributed by atoms with Gasteiger partial charge in [-0.05, 0) is 18.4 Å². The van der Waals surface area contributed by atoms with Crippen molar-refractivity contribution in [1.82, 2.24) is 5.32 Å². The first kappa shape index (κ1) is 9.45. The Morgan fingerprint density at radius 2 is 2.50 bits per heavy atom. The number of ether oxygens (including phenoxy) is 1. The van der Waals surface area contributed by atoms with Gasteiger partial charge in [-0.25, -0.2) is 0 Å². The van der Waals surface area contributed by atoms with Crippen LogP contribution in [0.2, 0.25) is 0 Å². The monoisotopic (exact) mass is 187 g/mol. The van der Waals surface area contributed by atoms with E-state index in [-0.39, 0.29) is 11.9 Å². The van der Waals surface area contributed by atoms with Crippen LogP contribution in [0.25, 0.3) is 0 Å². The topological polar surface area (TPSA) is 38.3 Å². The minimum absolute atomic E-state index is 0.0436. The van der Waals surface area contributed by atoms with Crippen LogP contribution >= 0.6 is 11.8 Å². The Kier molecular flexibility index (Phi) is 3.47. The largest absolute Gasteiger partial charge is 0.499 e. The molecule has 0 aromatic heterocycles. The van der Waals surface area contributed by atoms with Crippen LogP contribution in [0, 0.1) is 0 Å². The van der Waals surface area contributed by atoms with Crippen LogP contribution in [-0.2, 0) is 9.53 Å². The summed E-state index contributed by atoms with van der Waals surface area (Å²) in [4.78, 5) is 10.9. The number of hydrogen-bond acceptors (Lipinski definition) is 3. The van der Waals surface area contributed by atoms with Gasteiger partial charge in [0.15, 0.2) is 0 Å². The number of rotatable bonds is 4. The Morgan fingerprint density at radius 3 is 3.08 bits per heavy atom. The van der Waals surface area contributed by atoms with Gasteiger partial charge in [0, 0.05) is 6.08 Å². The van der Waals surface area contributed by atoms with E-state index in [1.54, 1.807) is 18.9 Å². The van der Waals surface area contributed by atoms with Crippen molar-refractivity contribution >= 4 is 17.7 Å². The number of carbonyl (C=O) groups is 1. The number of nitrogens with one attached hydrogen (secondary N) is 1. The first-order valence-electron chi connectivity index (χ1n) is 3.83. The third-order valence-electron chi connectivity index (χ3n) is 1.78. The lowest BCUT2D eigenvalue weighted by Gasteiger charge is -2.12. The molecule has 0 aromatic rings. The summed E-state index contributed by atoms with van der Waals surface area (Å²) >= 11 is 1.77. The fourth-order valence-corrected chi connectivity index (χ4v) is 1.64. The van der Waals surface area contributed by atoms with Crippen molar-refractivity contribution in [3.63, 3.8) is 0 Å². The smallest absolute Gasteiger partial charge is 0.248 e. The predicted molar refractivity (Wildman–Crippen MR) is 50.0 cm³/mol. The van der Waals surface area contributed by atoms with Crippen molar-refractivity contribution in [3.05, 3.63) is 11.8 Å². The highest BCUT2D eigenvalue weighted by Crippen LogP contribution is 2.14. The fourth-order valence-electron chi connectivity index (χ4n) is 1.17. The molecule has 0 radical (unpaired) electrons. The fraction of sp³-hybridized carbons (Fsp3) is 0.625. The van der Waals surface area contributed by atoms with Crippen LogP contribution in [0.1, 0.15) is 6.42 Å². The molecule has 0 aromatic carbocycles. The quantitative estimate of drug-likeness (QED) is 0.706. The summed E-state index contributed by atoms with van der Waals surface area (Å²) in [6, 6.07) is 0.0925. The molecule has 12 heavy (non-hydrogen) atoms. The second-order valence-electron chi connectivity index (χ2n) is 2.59. The molecule has 1 aliphatic heterocycles. The van der Waals surface area contributed by atoms with Gasteiger partial charge in [0.25, 0.3) is 0 Å². The standard InChI is InChI=1S/C8H13NO2S/c1-11-7-5-8(10)9-6(7)3-4-12-2/h5-6H,3-4H2,1-2H3,(H,9,10)/t6-/m0/s1. The van der Waals surface area contributed by atoms with Gasteiger partial charge in [-0.3, -0.25) is 4.79 Å². The molecular formula is C8H13NO2S. The van der Waals surface area contributed by atoms with Gasteiger partial charge in [0.1, 0.15) is 5.76 Å². The molecule has 1 heterocycles. The summed E-state index contributed by atoms with van der Waals surface area (Å²) in [5, 5.41) is 2.82. The Balaban J connectivity index is 2.45. The van der Waals surface area contributed by atoms with Crippen LogP contribution in [-0.4, -0.2) is 31.1 Å². The second kappa shape index (κ2) is 4.40. The molecule has 1 aliphatic rings. The summed E-state index contributed by atoms with van der Waals surface area (Å²) < 4.78 is 5.06. The Bertz CT molecular complexity index is 203. The molecule has 1 N–H and O–H groups in total. The first-order valence-corrected chi connectivity index (χ1v) is 5.22. The maximum atomic E-state index is 10.9. The second-order valence-corrected chi connectivity index (χ2v) is 3.58. The van der Waals surface area contributed by atoms with E-state index in [1.807, 2.05) is 6.26 Å². The predicted octanol–water partition coefficient (Wildman–Crippen LogP) is 0.768. The third kappa shape index (κ3) is 2.17. The minimum atomic E-state index is -0.0436. The van der Waals surface area contributed by atoms with Gasteiger partial charge in [-0.1, -0.05) is 0 Å². The van der Waals surface area contributed by atoms with Crippen LogP contribution in [0.15, 0.2) is 11.8 Å². The number of methoxy groups -OCH3 is 1. The van der Waals surface area contributed by atoms with E-state index in [4.69, 9.17) is 4.74 Å². The van der Waals surface area contributed by atoms with Crippen LogP contribution < -0.4 is 5.32 Å². The maximum Gasteiger partial charge on any atom is 0.248 e. The summed E-state index contributed by atoms with van der Waals surface area (Å²) in [6.07, 6.45) is 4.50. The summed E-state index contributed by atoms with van der Waals surface area (Å²) in [5.41, 5.74) is 0. The summed E-state index contributed by atoms with van der Waals surface area (Å²) in [7, 11) is 1.60. The zero-order valence-electron chi connectivity index (χ0n) is 7.29. The van der Waals surface area contributed by atoms with Crippen molar-refractivity contribution in [1.29, 1.82) is 0 Å². The molecular weight excluding hydrogens is 174 g/mol. The highest BCUT2D eigenvalue weighted by Gasteiger charge is 2.23. The average molecular weight is 187 g/mol. The molecule has 0 saturated heterocycles. The van der Waals surface area contributed by atoms with Gasteiger partial charge >= 0.3 is 0 Å². The minimum Gasteiger partial charge on any atom is -0.499 e. The number of hydrogen-bond donors (Lipinski definition) is 1. The molecule has 0 bridgehead atoms. The van der Waals surface area contributed by atoms with Gasteiger partial charge in [-0.15, -0.1) is 0 Å². The zero-order valence-corrected chi connectivity index (χ0v) is 8.11. The van der Waals surface area contributed by atoms with Gasteiger partial charge in [0.2, 0.25) is 5.91 Å². The Hall–Kier alpha value is -0.640. The molecule has 1 atom stereocenters. The van der Waals surface area contributed by atoms with Crippen molar-refractivity contribution in [2.75, 3.05) is 19.1 Å². The summed E-state index contributed by atoms with van der Waals surface area (Å²) in [6.45, 7) is 0. The molecule has 0 unspecified atom stereocenters. The van der Waals surface area contributed by atoms with Crippen molar-refractivity contribution in [2.24, 2.45) is 0 Å². The van der Waals surface area contributed by atoms with Crippen LogP contribution in [0.5, 0.6) is 0 Å². The van der Waals surface area contributed by atoms with E-state index in [0.29, 0.717) is 0 Å². The lowest BCUT2D eigenvalue weighted by Crippen LogP contribution is -2.29. The Morgan fingerprint density at radius 1 is 1.75 bits per heavy atom. The highest BCUT2D eigenvalue weighted by molar-refractivity contribution is 7.98. The Labute approximate surface area is 76.5 Å². The van der Waals surface area contributed by atoms with Crippen molar-refractivity contribution in [2.45, 2.75) is 12.5 Å². The molecule has 1 rings (SSSR count). The summed E-state index contributed by atoms with van der Waals surface area (Å²) in [5.74, 6) is 1.75. The van der Waals surface area contributed by atoms with Crippen LogP contribution in [0.4, 0.5) is 0 Å². The third-order valence-corrected chi connectivity index (χ3v) is 2.42. The SMILES string of the molecule is COC1=CC(=O)N[C@H]1CCSC. The number of thioether (sulfide) groups is 1. The van der Waals surface area contributed by atoms with E-state index in [9.17, 15) is 4.79 Å². The average Bonchev–Trinajstić information content (AvgIpc) is 2.42. The van der Waals surface area contributed by atoms with E-state index in [2.05, 4.69) is 5.32 Å². The number of carbonyl (C=O) groups excluding carboxylic acids is 1. The van der Waals surface area contributed by atoms with E-state index < -0.39 is 0 Å². The lowest BCUT2D eigenvalue weighted by molar-refractivity contribution is -0.116. The molecule has 0 spiro atoms. The highest BCUT2D eigenvalue weighted by atomic mass is 32.2. The maximum absolute atomic E-state index is 10.9. The van der Waals surface area contributed by atoms with Gasteiger partial charge in [0.05, 0.1) is 13.2 Å². The molecule has 3 nitrogen and oxygen atoms in total. The lowest BCUT2D eigenvalue weighted by atomic mass is 10.2. The van der Waals surface area contributed by atoms with Gasteiger partial charge < -0.3 is 10.1 Å².